The molecule has 1 fully saturated rings. The van der Waals surface area contributed by atoms with Crippen LogP contribution in [0.1, 0.15) is 60.0 Å². The zero-order chi connectivity index (χ0) is 22.4. The van der Waals surface area contributed by atoms with Crippen LogP contribution in [0.3, 0.4) is 0 Å². The van der Waals surface area contributed by atoms with Crippen LogP contribution < -0.4 is 5.32 Å². The average Bonchev–Trinajstić information content (AvgIpc) is 3.26. The quantitative estimate of drug-likeness (QED) is 0.477. The molecule has 1 saturated carbocycles. The number of aromatic nitrogens is 6. The molecule has 9 nitrogen and oxygen atoms in total. The van der Waals surface area contributed by atoms with Crippen LogP contribution in [0.2, 0.25) is 0 Å². The summed E-state index contributed by atoms with van der Waals surface area (Å²) in [6.07, 6.45) is 5.85. The van der Waals surface area contributed by atoms with Gasteiger partial charge in [-0.2, -0.15) is 10.2 Å². The molecule has 4 heterocycles. The van der Waals surface area contributed by atoms with Crippen LogP contribution in [0.4, 0.5) is 0 Å². The first-order valence-corrected chi connectivity index (χ1v) is 11.1. The summed E-state index contributed by atoms with van der Waals surface area (Å²) in [6, 6.07) is 3.74. The summed E-state index contributed by atoms with van der Waals surface area (Å²) < 4.78 is 9.36. The first-order valence-electron chi connectivity index (χ1n) is 11.1. The summed E-state index contributed by atoms with van der Waals surface area (Å²) in [5.74, 6) is 0.217. The van der Waals surface area contributed by atoms with Crippen LogP contribution in [-0.2, 0) is 13.1 Å². The Hall–Kier alpha value is -3.49. The van der Waals surface area contributed by atoms with Crippen LogP contribution in [-0.4, -0.2) is 41.7 Å². The van der Waals surface area contributed by atoms with Crippen LogP contribution in [0, 0.1) is 13.8 Å². The predicted octanol–water partition coefficient (Wildman–Crippen LogP) is 3.62. The third kappa shape index (κ3) is 3.68. The second-order valence-electron chi connectivity index (χ2n) is 8.59. The molecule has 1 atom stereocenters. The first-order chi connectivity index (χ1) is 15.4. The minimum Gasteiger partial charge on any atom is -0.348 e. The lowest BCUT2D eigenvalue weighted by Crippen LogP contribution is -2.36. The molecular weight excluding hydrogens is 406 g/mol. The van der Waals surface area contributed by atoms with Gasteiger partial charge in [-0.05, 0) is 52.7 Å². The summed E-state index contributed by atoms with van der Waals surface area (Å²) in [5, 5.41) is 16.9. The number of rotatable bonds is 7. The van der Waals surface area contributed by atoms with Gasteiger partial charge in [0.2, 0.25) is 0 Å². The van der Waals surface area contributed by atoms with Crippen molar-refractivity contribution in [3.05, 3.63) is 47.2 Å². The number of pyridine rings is 1. The van der Waals surface area contributed by atoms with Crippen LogP contribution in [0.25, 0.3) is 22.4 Å². The van der Waals surface area contributed by atoms with Gasteiger partial charge in [-0.25, -0.2) is 4.98 Å². The van der Waals surface area contributed by atoms with E-state index < -0.39 is 0 Å². The van der Waals surface area contributed by atoms with E-state index in [1.807, 2.05) is 55.4 Å². The van der Waals surface area contributed by atoms with Gasteiger partial charge >= 0.3 is 0 Å². The predicted molar refractivity (Wildman–Crippen MR) is 119 cm³/mol. The van der Waals surface area contributed by atoms with Gasteiger partial charge in [-0.1, -0.05) is 5.16 Å². The molecule has 1 aliphatic rings. The van der Waals surface area contributed by atoms with E-state index >= 15 is 0 Å². The SMILES string of the molecule is CCn1ncc(-c2noc3nc(C4CC4)cc(C(=O)N[C@H](C)Cn4ccc(C)n4)c23)c1C. The maximum atomic E-state index is 13.4. The molecule has 1 N–H and O–H groups in total. The molecule has 32 heavy (non-hydrogen) atoms. The van der Waals surface area contributed by atoms with Crippen LogP contribution in [0.5, 0.6) is 0 Å². The molecule has 166 valence electrons. The lowest BCUT2D eigenvalue weighted by atomic mass is 10.0. The number of amides is 1. The number of aryl methyl sites for hydroxylation is 2. The normalized spacial score (nSPS) is 14.8. The van der Waals surface area contributed by atoms with E-state index in [1.54, 1.807) is 6.20 Å². The fourth-order valence-electron chi connectivity index (χ4n) is 4.11. The van der Waals surface area contributed by atoms with Crippen molar-refractivity contribution in [3.8, 4) is 11.3 Å². The van der Waals surface area contributed by atoms with E-state index in [0.29, 0.717) is 34.8 Å². The molecule has 0 unspecified atom stereocenters. The number of carbonyl (C=O) groups excluding carboxylic acids is 1. The van der Waals surface area contributed by atoms with E-state index in [2.05, 4.69) is 25.7 Å². The molecule has 1 amide bonds. The summed E-state index contributed by atoms with van der Waals surface area (Å²) in [7, 11) is 0. The maximum Gasteiger partial charge on any atom is 0.259 e. The lowest BCUT2D eigenvalue weighted by Gasteiger charge is -2.15. The van der Waals surface area contributed by atoms with Crippen molar-refractivity contribution >= 4 is 17.0 Å². The molecular formula is C23H27N7O2. The molecule has 4 aromatic heterocycles. The van der Waals surface area contributed by atoms with Gasteiger partial charge < -0.3 is 9.84 Å². The highest BCUT2D eigenvalue weighted by Crippen LogP contribution is 2.41. The van der Waals surface area contributed by atoms with Crippen molar-refractivity contribution in [2.45, 2.75) is 65.6 Å². The van der Waals surface area contributed by atoms with Gasteiger partial charge in [-0.3, -0.25) is 14.2 Å². The molecule has 0 spiro atoms. The lowest BCUT2D eigenvalue weighted by molar-refractivity contribution is 0.0937. The summed E-state index contributed by atoms with van der Waals surface area (Å²) in [6.45, 7) is 9.29. The van der Waals surface area contributed by atoms with Gasteiger partial charge in [0.15, 0.2) is 0 Å². The Labute approximate surface area is 185 Å². The van der Waals surface area contributed by atoms with Crippen molar-refractivity contribution in [1.82, 2.24) is 35.0 Å². The highest BCUT2D eigenvalue weighted by Gasteiger charge is 2.30. The van der Waals surface area contributed by atoms with Gasteiger partial charge in [0.05, 0.1) is 29.4 Å². The number of fused-ring (bicyclic) bond motifs is 1. The zero-order valence-electron chi connectivity index (χ0n) is 18.8. The van der Waals surface area contributed by atoms with E-state index in [4.69, 9.17) is 4.52 Å². The number of carbonyl (C=O) groups is 1. The van der Waals surface area contributed by atoms with Crippen molar-refractivity contribution in [1.29, 1.82) is 0 Å². The molecule has 0 aromatic carbocycles. The Morgan fingerprint density at radius 1 is 1.34 bits per heavy atom. The van der Waals surface area contributed by atoms with Crippen molar-refractivity contribution < 1.29 is 9.32 Å². The highest BCUT2D eigenvalue weighted by atomic mass is 16.5. The Morgan fingerprint density at radius 3 is 2.81 bits per heavy atom. The minimum atomic E-state index is -0.166. The van der Waals surface area contributed by atoms with Gasteiger partial charge in [0.25, 0.3) is 11.6 Å². The van der Waals surface area contributed by atoms with E-state index in [9.17, 15) is 4.79 Å². The Kier molecular flexibility index (Phi) is 5.03. The Bertz CT molecular complexity index is 1300. The molecule has 1 aliphatic carbocycles. The van der Waals surface area contributed by atoms with Crippen molar-refractivity contribution in [2.75, 3.05) is 0 Å². The third-order valence-corrected chi connectivity index (χ3v) is 5.98. The number of nitrogens with one attached hydrogen (secondary N) is 1. The van der Waals surface area contributed by atoms with Gasteiger partial charge in [-0.15, -0.1) is 0 Å². The van der Waals surface area contributed by atoms with Gasteiger partial charge in [0, 0.05) is 41.7 Å². The molecule has 9 heteroatoms. The number of nitrogens with zero attached hydrogens (tertiary/aromatic N) is 6. The smallest absolute Gasteiger partial charge is 0.259 e. The first kappa shape index (κ1) is 20.4. The minimum absolute atomic E-state index is 0.109. The third-order valence-electron chi connectivity index (χ3n) is 5.98. The van der Waals surface area contributed by atoms with Crippen LogP contribution in [0.15, 0.2) is 29.0 Å². The second kappa shape index (κ2) is 7.89. The van der Waals surface area contributed by atoms with E-state index in [-0.39, 0.29) is 11.9 Å². The molecule has 0 radical (unpaired) electrons. The zero-order valence-corrected chi connectivity index (χ0v) is 18.8. The average molecular weight is 434 g/mol. The second-order valence-corrected chi connectivity index (χ2v) is 8.59. The molecule has 0 saturated heterocycles. The van der Waals surface area contributed by atoms with Crippen molar-refractivity contribution in [3.63, 3.8) is 0 Å². The maximum absolute atomic E-state index is 13.4. The van der Waals surface area contributed by atoms with E-state index in [0.717, 1.165) is 42.0 Å². The summed E-state index contributed by atoms with van der Waals surface area (Å²) in [4.78, 5) is 18.1. The van der Waals surface area contributed by atoms with E-state index in [1.165, 1.54) is 0 Å². The fourth-order valence-corrected chi connectivity index (χ4v) is 4.11. The molecule has 4 aromatic rings. The fraction of sp³-hybridized carbons (Fsp3) is 0.435. The van der Waals surface area contributed by atoms with Crippen LogP contribution >= 0.6 is 0 Å². The highest BCUT2D eigenvalue weighted by molar-refractivity contribution is 6.09. The number of hydrogen-bond donors (Lipinski definition) is 1. The largest absolute Gasteiger partial charge is 0.348 e. The Morgan fingerprint density at radius 2 is 2.16 bits per heavy atom. The summed E-state index contributed by atoms with van der Waals surface area (Å²) in [5.41, 5.74) is 5.21. The van der Waals surface area contributed by atoms with Gasteiger partial charge in [0.1, 0.15) is 5.69 Å². The molecule has 5 rings (SSSR count). The molecule has 0 bridgehead atoms. The topological polar surface area (TPSA) is 104 Å². The van der Waals surface area contributed by atoms with Crippen molar-refractivity contribution in [2.24, 2.45) is 0 Å². The standard InChI is InChI=1S/C23H27N7O2/c1-5-30-15(4)18(11-24-30)21-20-17(10-19(16-6-7-16)26-23(20)32-28-21)22(31)25-14(3)12-29-9-8-13(2)27-29/h8-11,14,16H,5-7,12H2,1-4H3,(H,25,31)/t14-/m1/s1. The summed E-state index contributed by atoms with van der Waals surface area (Å²) >= 11 is 0. The Balaban J connectivity index is 1.53. The number of hydrogen-bond acceptors (Lipinski definition) is 6. The molecule has 0 aliphatic heterocycles. The monoisotopic (exact) mass is 433 g/mol.